The van der Waals surface area contributed by atoms with Crippen LogP contribution in [0.4, 0.5) is 0 Å². The molecule has 0 spiro atoms. The van der Waals surface area contributed by atoms with Crippen molar-refractivity contribution in [2.24, 2.45) is 29.6 Å². The molecule has 0 aromatic rings. The Morgan fingerprint density at radius 1 is 1.06 bits per heavy atom. The Morgan fingerprint density at radius 3 is 1.71 bits per heavy atom. The second-order valence-corrected chi connectivity index (χ2v) is 7.07. The first-order chi connectivity index (χ1) is 7.87. The van der Waals surface area contributed by atoms with Crippen molar-refractivity contribution in [1.82, 2.24) is 0 Å². The van der Waals surface area contributed by atoms with Gasteiger partial charge < -0.3 is 4.43 Å². The van der Waals surface area contributed by atoms with Crippen molar-refractivity contribution in [3.05, 3.63) is 6.42 Å². The highest BCUT2D eigenvalue weighted by molar-refractivity contribution is 5.98. The van der Waals surface area contributed by atoms with Crippen molar-refractivity contribution in [1.29, 1.82) is 0 Å². The fourth-order valence-corrected chi connectivity index (χ4v) is 5.34. The first kappa shape index (κ1) is 15.2. The number of hydrogen-bond acceptors (Lipinski definition) is 1. The van der Waals surface area contributed by atoms with Crippen LogP contribution < -0.4 is 0 Å². The Labute approximate surface area is 111 Å². The standard InChI is InChI=1S/C15H31OSi/c1-10(2)14(13-8-7-9-13)15(16-17,11(3)4)12(5)6/h7,10-14H,8-9H2,1-6,17H3. The van der Waals surface area contributed by atoms with E-state index in [1.165, 1.54) is 12.8 Å². The van der Waals surface area contributed by atoms with E-state index in [0.29, 0.717) is 23.7 Å². The van der Waals surface area contributed by atoms with Crippen molar-refractivity contribution in [2.75, 3.05) is 0 Å². The molecule has 0 aromatic carbocycles. The summed E-state index contributed by atoms with van der Waals surface area (Å²) >= 11 is 0. The average molecular weight is 255 g/mol. The predicted molar refractivity (Wildman–Crippen MR) is 78.8 cm³/mol. The zero-order chi connectivity index (χ0) is 13.2. The summed E-state index contributed by atoms with van der Waals surface area (Å²) in [5.74, 6) is 3.49. The van der Waals surface area contributed by atoms with Crippen molar-refractivity contribution >= 4 is 10.5 Å². The maximum atomic E-state index is 6.27. The van der Waals surface area contributed by atoms with Crippen LogP contribution in [0.15, 0.2) is 0 Å². The maximum Gasteiger partial charge on any atom is 0.146 e. The molecule has 1 atom stereocenters. The van der Waals surface area contributed by atoms with Crippen LogP contribution in [-0.4, -0.2) is 16.1 Å². The smallest absolute Gasteiger partial charge is 0.146 e. The average Bonchev–Trinajstić information content (AvgIpc) is 2.13. The third-order valence-electron chi connectivity index (χ3n) is 4.84. The summed E-state index contributed by atoms with van der Waals surface area (Å²) in [6.07, 6.45) is 5.03. The van der Waals surface area contributed by atoms with E-state index < -0.39 is 0 Å². The van der Waals surface area contributed by atoms with Gasteiger partial charge in [0.1, 0.15) is 10.5 Å². The topological polar surface area (TPSA) is 9.23 Å². The molecular formula is C15H31OSi. The molecule has 0 N–H and O–H groups in total. The fourth-order valence-electron chi connectivity index (χ4n) is 4.13. The molecule has 1 aliphatic carbocycles. The van der Waals surface area contributed by atoms with E-state index in [2.05, 4.69) is 48.0 Å². The summed E-state index contributed by atoms with van der Waals surface area (Å²) in [4.78, 5) is 0. The number of rotatable bonds is 6. The Kier molecular flexibility index (Phi) is 5.27. The summed E-state index contributed by atoms with van der Waals surface area (Å²) in [5.41, 5.74) is 0.0965. The zero-order valence-electron chi connectivity index (χ0n) is 12.8. The minimum absolute atomic E-state index is 0.0965. The molecule has 0 heterocycles. The summed E-state index contributed by atoms with van der Waals surface area (Å²) < 4.78 is 6.27. The number of hydrogen-bond donors (Lipinski definition) is 0. The molecule has 1 fully saturated rings. The van der Waals surface area contributed by atoms with Gasteiger partial charge in [-0.25, -0.2) is 0 Å². The second kappa shape index (κ2) is 5.88. The quantitative estimate of drug-likeness (QED) is 0.662. The van der Waals surface area contributed by atoms with E-state index in [4.69, 9.17) is 4.43 Å². The summed E-state index contributed by atoms with van der Waals surface area (Å²) in [6.45, 7) is 14.1. The molecule has 0 aromatic heterocycles. The van der Waals surface area contributed by atoms with E-state index >= 15 is 0 Å². The molecular weight excluding hydrogens is 224 g/mol. The van der Waals surface area contributed by atoms with Gasteiger partial charge >= 0.3 is 0 Å². The van der Waals surface area contributed by atoms with Gasteiger partial charge in [0.25, 0.3) is 0 Å². The van der Waals surface area contributed by atoms with Crippen LogP contribution in [0.2, 0.25) is 0 Å². The van der Waals surface area contributed by atoms with Crippen LogP contribution in [-0.2, 0) is 4.43 Å². The lowest BCUT2D eigenvalue weighted by atomic mass is 9.58. The monoisotopic (exact) mass is 255 g/mol. The van der Waals surface area contributed by atoms with Gasteiger partial charge in [-0.1, -0.05) is 41.5 Å². The molecule has 17 heavy (non-hydrogen) atoms. The third-order valence-corrected chi connectivity index (χ3v) is 5.55. The Bertz CT molecular complexity index is 223. The highest BCUT2D eigenvalue weighted by Crippen LogP contribution is 2.49. The SMILES string of the molecule is CC(C)C(C1C[CH]C1)C(O[SiH3])(C(C)C)C(C)C. The Morgan fingerprint density at radius 2 is 1.53 bits per heavy atom. The van der Waals surface area contributed by atoms with Gasteiger partial charge in [0, 0.05) is 0 Å². The van der Waals surface area contributed by atoms with E-state index in [9.17, 15) is 0 Å². The largest absolute Gasteiger partial charge is 0.422 e. The van der Waals surface area contributed by atoms with Crippen LogP contribution in [0.1, 0.15) is 54.4 Å². The summed E-state index contributed by atoms with van der Waals surface area (Å²) in [7, 11) is 0.848. The molecule has 1 unspecified atom stereocenters. The van der Waals surface area contributed by atoms with Gasteiger partial charge in [0.15, 0.2) is 0 Å². The first-order valence-corrected chi connectivity index (χ1v) is 8.06. The molecule has 0 amide bonds. The normalized spacial score (nSPS) is 20.3. The van der Waals surface area contributed by atoms with Crippen molar-refractivity contribution in [3.8, 4) is 0 Å². The van der Waals surface area contributed by atoms with Crippen molar-refractivity contribution in [3.63, 3.8) is 0 Å². The van der Waals surface area contributed by atoms with Crippen molar-refractivity contribution < 1.29 is 4.43 Å². The van der Waals surface area contributed by atoms with Gasteiger partial charge in [0.05, 0.1) is 5.60 Å². The van der Waals surface area contributed by atoms with E-state index in [1.807, 2.05) is 0 Å². The predicted octanol–water partition coefficient (Wildman–Crippen LogP) is 3.22. The highest BCUT2D eigenvalue weighted by atomic mass is 28.2. The Hall–Kier alpha value is 0.177. The van der Waals surface area contributed by atoms with E-state index in [1.54, 1.807) is 0 Å². The molecule has 0 bridgehead atoms. The van der Waals surface area contributed by atoms with E-state index in [-0.39, 0.29) is 5.60 Å². The van der Waals surface area contributed by atoms with Crippen LogP contribution >= 0.6 is 0 Å². The van der Waals surface area contributed by atoms with Gasteiger partial charge in [-0.15, -0.1) is 0 Å². The lowest BCUT2D eigenvalue weighted by Gasteiger charge is -2.53. The second-order valence-electron chi connectivity index (χ2n) is 6.66. The molecule has 2 heteroatoms. The van der Waals surface area contributed by atoms with E-state index in [0.717, 1.165) is 16.4 Å². The van der Waals surface area contributed by atoms with Gasteiger partial charge in [-0.3, -0.25) is 0 Å². The van der Waals surface area contributed by atoms with Crippen LogP contribution in [0, 0.1) is 36.0 Å². The molecule has 0 aliphatic heterocycles. The van der Waals surface area contributed by atoms with Crippen LogP contribution in [0.3, 0.4) is 0 Å². The molecule has 1 saturated carbocycles. The van der Waals surface area contributed by atoms with Gasteiger partial charge in [0.2, 0.25) is 0 Å². The third kappa shape index (κ3) is 2.63. The van der Waals surface area contributed by atoms with Crippen LogP contribution in [0.25, 0.3) is 0 Å². The molecule has 0 saturated heterocycles. The highest BCUT2D eigenvalue weighted by Gasteiger charge is 2.49. The Balaban J connectivity index is 3.06. The van der Waals surface area contributed by atoms with Gasteiger partial charge in [-0.05, 0) is 48.9 Å². The molecule has 1 nitrogen and oxygen atoms in total. The fraction of sp³-hybridized carbons (Fsp3) is 0.933. The van der Waals surface area contributed by atoms with Crippen molar-refractivity contribution in [2.45, 2.75) is 60.0 Å². The first-order valence-electron chi connectivity index (χ1n) is 7.24. The molecule has 101 valence electrons. The zero-order valence-corrected chi connectivity index (χ0v) is 14.8. The summed E-state index contributed by atoms with van der Waals surface area (Å²) in [5, 5.41) is 0. The lowest BCUT2D eigenvalue weighted by molar-refractivity contribution is -0.111. The van der Waals surface area contributed by atoms with Gasteiger partial charge in [-0.2, -0.15) is 0 Å². The molecule has 1 radical (unpaired) electrons. The lowest BCUT2D eigenvalue weighted by Crippen LogP contribution is -2.55. The maximum absolute atomic E-state index is 6.27. The minimum atomic E-state index is 0.0965. The van der Waals surface area contributed by atoms with Crippen LogP contribution in [0.5, 0.6) is 0 Å². The minimum Gasteiger partial charge on any atom is -0.422 e. The molecule has 1 rings (SSSR count). The molecule has 1 aliphatic rings. The summed E-state index contributed by atoms with van der Waals surface area (Å²) in [6, 6.07) is 0.